The molecule has 0 bridgehead atoms. The van der Waals surface area contributed by atoms with Gasteiger partial charge in [0, 0.05) is 12.8 Å². The minimum absolute atomic E-state index is 0.00375. The number of hydroxylamine groups is 1. The number of rotatable bonds is 17. The van der Waals surface area contributed by atoms with Crippen LogP contribution in [0.1, 0.15) is 83.8 Å². The van der Waals surface area contributed by atoms with Gasteiger partial charge in [-0.2, -0.15) is 4.48 Å². The predicted octanol–water partition coefficient (Wildman–Crippen LogP) is 5.92. The minimum atomic E-state index is -0.773. The van der Waals surface area contributed by atoms with Crippen molar-refractivity contribution in [3.63, 3.8) is 0 Å². The Morgan fingerprint density at radius 1 is 0.854 bits per heavy atom. The van der Waals surface area contributed by atoms with Gasteiger partial charge in [0.15, 0.2) is 5.78 Å². The number of unbranched alkanes of at least 4 members (excludes halogenated alkanes) is 2. The third-order valence-corrected chi connectivity index (χ3v) is 8.72. The van der Waals surface area contributed by atoms with E-state index in [1.54, 1.807) is 6.92 Å². The maximum Gasteiger partial charge on any atom is 0.424 e. The van der Waals surface area contributed by atoms with Crippen LogP contribution in [0.25, 0.3) is 0 Å². The Balaban J connectivity index is 1.81. The number of ketones is 1. The molecule has 48 heavy (non-hydrogen) atoms. The molecular formula is C37H53N4O7+. The second kappa shape index (κ2) is 19.7. The van der Waals surface area contributed by atoms with E-state index in [1.807, 2.05) is 74.5 Å². The van der Waals surface area contributed by atoms with Gasteiger partial charge in [-0.1, -0.05) is 108 Å². The molecule has 2 aromatic rings. The van der Waals surface area contributed by atoms with Gasteiger partial charge in [-0.3, -0.25) is 24.6 Å². The van der Waals surface area contributed by atoms with E-state index in [0.717, 1.165) is 24.0 Å². The van der Waals surface area contributed by atoms with Crippen molar-refractivity contribution in [2.45, 2.75) is 91.9 Å². The van der Waals surface area contributed by atoms with Gasteiger partial charge in [0.2, 0.25) is 5.91 Å². The first-order valence-electron chi connectivity index (χ1n) is 17.2. The quantitative estimate of drug-likeness (QED) is 0.122. The average molecular weight is 666 g/mol. The van der Waals surface area contributed by atoms with Crippen LogP contribution in [0.3, 0.4) is 0 Å². The lowest BCUT2D eigenvalue weighted by atomic mass is 9.94. The summed E-state index contributed by atoms with van der Waals surface area (Å²) in [6, 6.07) is 17.4. The lowest BCUT2D eigenvalue weighted by molar-refractivity contribution is -0.781. The number of Topliss-reactive ketones (excluding diaryl/α,β-unsaturated/α-hetero) is 1. The highest BCUT2D eigenvalue weighted by Crippen LogP contribution is 2.26. The molecule has 1 heterocycles. The van der Waals surface area contributed by atoms with Crippen molar-refractivity contribution < 1.29 is 38.0 Å². The number of imide groups is 1. The first-order valence-corrected chi connectivity index (χ1v) is 17.2. The Labute approximate surface area is 284 Å². The van der Waals surface area contributed by atoms with Crippen LogP contribution in [0.2, 0.25) is 0 Å². The fraction of sp³-hybridized carbons (Fsp3) is 0.541. The number of hydrogen-bond acceptors (Lipinski definition) is 7. The zero-order valence-electron chi connectivity index (χ0n) is 29.0. The van der Waals surface area contributed by atoms with Crippen LogP contribution in [0.4, 0.5) is 9.59 Å². The maximum atomic E-state index is 14.6. The number of carbonyl (C=O) groups is 5. The first kappa shape index (κ1) is 38.4. The predicted molar refractivity (Wildman–Crippen MR) is 182 cm³/mol. The van der Waals surface area contributed by atoms with Crippen LogP contribution < -0.4 is 10.8 Å². The second-order valence-corrected chi connectivity index (χ2v) is 12.9. The van der Waals surface area contributed by atoms with Crippen molar-refractivity contribution in [2.75, 3.05) is 26.2 Å². The van der Waals surface area contributed by atoms with E-state index >= 15 is 0 Å². The normalized spacial score (nSPS) is 15.3. The van der Waals surface area contributed by atoms with Gasteiger partial charge in [0.1, 0.15) is 19.7 Å². The summed E-state index contributed by atoms with van der Waals surface area (Å²) in [5, 5.41) is 2.91. The highest BCUT2D eigenvalue weighted by atomic mass is 16.6. The van der Waals surface area contributed by atoms with E-state index in [2.05, 4.69) is 17.7 Å². The first-order chi connectivity index (χ1) is 23.1. The molecule has 1 aliphatic heterocycles. The Kier molecular flexibility index (Phi) is 15.7. The van der Waals surface area contributed by atoms with Crippen LogP contribution in [-0.4, -0.2) is 71.3 Å². The van der Waals surface area contributed by atoms with Crippen LogP contribution in [0.15, 0.2) is 60.7 Å². The third-order valence-electron chi connectivity index (χ3n) is 8.72. The molecule has 2 aromatic carbocycles. The topological polar surface area (TPSA) is 131 Å². The molecule has 2 atom stereocenters. The highest BCUT2D eigenvalue weighted by Gasteiger charge is 2.51. The summed E-state index contributed by atoms with van der Waals surface area (Å²) in [4.78, 5) is 74.7. The molecule has 11 heteroatoms. The molecule has 1 saturated heterocycles. The van der Waals surface area contributed by atoms with Crippen molar-refractivity contribution >= 4 is 29.7 Å². The molecule has 3 rings (SSSR count). The molecule has 11 nitrogen and oxygen atoms in total. The zero-order valence-corrected chi connectivity index (χ0v) is 29.0. The molecule has 1 aliphatic rings. The number of amides is 5. The standard InChI is InChI=1S/C37H52N4O7/c1-5-7-10-19-31(25-34(43)39-48-27-30-17-13-9-14-18-30)35(44)41(36(45)38-32(24-28(3)4)33(42)6-2)22-20-40(21-23-41)37(46)47-26-29-15-11-8-12-16-29/h8-9,11-18,28,31-32H,5-7,10,19-27H2,1-4H3,(H-,38,39,43,45)/p+1/t31-,32+/m1/s1. The van der Waals surface area contributed by atoms with Crippen molar-refractivity contribution in [1.82, 2.24) is 15.7 Å². The molecule has 0 aromatic heterocycles. The number of urea groups is 1. The lowest BCUT2D eigenvalue weighted by Crippen LogP contribution is -2.70. The van der Waals surface area contributed by atoms with E-state index in [-0.39, 0.29) is 63.9 Å². The molecular weight excluding hydrogens is 612 g/mol. The molecule has 1 fully saturated rings. The van der Waals surface area contributed by atoms with Gasteiger partial charge in [-0.05, 0) is 29.9 Å². The molecule has 0 radical (unpaired) electrons. The number of hydrogen-bond donors (Lipinski definition) is 2. The Morgan fingerprint density at radius 3 is 2.02 bits per heavy atom. The SMILES string of the molecule is CCCCC[C@H](CC(=O)NOCc1ccccc1)C(=O)[N+]1(C(=O)N[C@@H](CC(C)C)C(=O)CC)CCN(C(=O)OCc2ccccc2)CC1. The van der Waals surface area contributed by atoms with Gasteiger partial charge in [-0.25, -0.2) is 19.9 Å². The fourth-order valence-electron chi connectivity index (χ4n) is 5.93. The Bertz CT molecular complexity index is 1330. The summed E-state index contributed by atoms with van der Waals surface area (Å²) in [6.45, 7) is 8.20. The number of piperazine rings is 1. The van der Waals surface area contributed by atoms with Gasteiger partial charge in [0.05, 0.1) is 31.7 Å². The van der Waals surface area contributed by atoms with Crippen LogP contribution in [-0.2, 0) is 37.2 Å². The number of ether oxygens (including phenoxy) is 1. The second-order valence-electron chi connectivity index (χ2n) is 12.9. The van der Waals surface area contributed by atoms with Crippen molar-refractivity contribution in [2.24, 2.45) is 11.8 Å². The molecule has 5 amide bonds. The van der Waals surface area contributed by atoms with Crippen molar-refractivity contribution in [1.29, 1.82) is 0 Å². The zero-order chi connectivity index (χ0) is 34.9. The highest BCUT2D eigenvalue weighted by molar-refractivity contribution is 5.92. The van der Waals surface area contributed by atoms with Gasteiger partial charge >= 0.3 is 18.0 Å². The number of nitrogens with one attached hydrogen (secondary N) is 2. The molecule has 0 spiro atoms. The summed E-state index contributed by atoms with van der Waals surface area (Å²) >= 11 is 0. The summed E-state index contributed by atoms with van der Waals surface area (Å²) in [5.41, 5.74) is 4.19. The number of quaternary nitrogens is 1. The molecule has 0 aliphatic carbocycles. The van der Waals surface area contributed by atoms with Crippen LogP contribution >= 0.6 is 0 Å². The molecule has 2 N–H and O–H groups in total. The molecule has 0 saturated carbocycles. The number of nitrogens with zero attached hydrogens (tertiary/aromatic N) is 2. The summed E-state index contributed by atoms with van der Waals surface area (Å²) in [7, 11) is 0. The summed E-state index contributed by atoms with van der Waals surface area (Å²) in [6.07, 6.45) is 2.90. The average Bonchev–Trinajstić information content (AvgIpc) is 3.10. The summed E-state index contributed by atoms with van der Waals surface area (Å²) < 4.78 is 4.92. The number of benzene rings is 2. The van der Waals surface area contributed by atoms with Crippen molar-refractivity contribution in [3.05, 3.63) is 71.8 Å². The van der Waals surface area contributed by atoms with E-state index in [4.69, 9.17) is 9.57 Å². The smallest absolute Gasteiger partial charge is 0.424 e. The Hall–Kier alpha value is -4.09. The van der Waals surface area contributed by atoms with Crippen LogP contribution in [0.5, 0.6) is 0 Å². The number of carbonyl (C=O) groups excluding carboxylic acids is 5. The lowest BCUT2D eigenvalue weighted by Gasteiger charge is -2.41. The van der Waals surface area contributed by atoms with Crippen LogP contribution in [0, 0.1) is 11.8 Å². The minimum Gasteiger partial charge on any atom is -0.445 e. The van der Waals surface area contributed by atoms with E-state index < -0.39 is 40.4 Å². The largest absolute Gasteiger partial charge is 0.445 e. The van der Waals surface area contributed by atoms with E-state index in [9.17, 15) is 24.0 Å². The summed E-state index contributed by atoms with van der Waals surface area (Å²) in [5.74, 6) is -1.61. The fourth-order valence-corrected chi connectivity index (χ4v) is 5.93. The monoisotopic (exact) mass is 665 g/mol. The van der Waals surface area contributed by atoms with Gasteiger partial charge in [0.25, 0.3) is 0 Å². The van der Waals surface area contributed by atoms with Gasteiger partial charge in [-0.15, -0.1) is 0 Å². The van der Waals surface area contributed by atoms with Crippen molar-refractivity contribution in [3.8, 4) is 0 Å². The third kappa shape index (κ3) is 11.6. The van der Waals surface area contributed by atoms with E-state index in [1.165, 1.54) is 4.90 Å². The van der Waals surface area contributed by atoms with Gasteiger partial charge < -0.3 is 4.74 Å². The Morgan fingerprint density at radius 2 is 1.46 bits per heavy atom. The molecule has 262 valence electrons. The van der Waals surface area contributed by atoms with E-state index in [0.29, 0.717) is 19.3 Å². The molecule has 0 unspecified atom stereocenters. The maximum absolute atomic E-state index is 14.6.